The molecule has 5 aliphatic rings. The summed E-state index contributed by atoms with van der Waals surface area (Å²) in [6.45, 7) is 2.05. The van der Waals surface area contributed by atoms with Crippen molar-refractivity contribution in [1.29, 1.82) is 0 Å². The molecule has 1 aromatic heterocycles. The van der Waals surface area contributed by atoms with Crippen molar-refractivity contribution in [2.24, 2.45) is 17.8 Å². The predicted octanol–water partition coefficient (Wildman–Crippen LogP) is 4.70. The van der Waals surface area contributed by atoms with Gasteiger partial charge >= 0.3 is 0 Å². The van der Waals surface area contributed by atoms with Crippen molar-refractivity contribution in [3.8, 4) is 0 Å². The van der Waals surface area contributed by atoms with Crippen molar-refractivity contribution in [1.82, 2.24) is 10.6 Å². The SMILES string of the molecule is O=C1CCC(c2coc3ccc(NCCCCNC45CC6CC(CC(C6)C4)C5)cc23)C(=O)N1. The maximum Gasteiger partial charge on any atom is 0.234 e. The number of amides is 2. The fourth-order valence-corrected chi connectivity index (χ4v) is 7.58. The van der Waals surface area contributed by atoms with Crippen LogP contribution >= 0.6 is 0 Å². The zero-order chi connectivity index (χ0) is 22.4. The Kier molecular flexibility index (Phi) is 5.44. The van der Waals surface area contributed by atoms with Gasteiger partial charge in [0.05, 0.1) is 12.2 Å². The molecule has 0 spiro atoms. The molecule has 4 saturated carbocycles. The van der Waals surface area contributed by atoms with Crippen molar-refractivity contribution in [3.63, 3.8) is 0 Å². The van der Waals surface area contributed by atoms with Crippen molar-refractivity contribution in [3.05, 3.63) is 30.0 Å². The van der Waals surface area contributed by atoms with Crippen molar-refractivity contribution in [2.75, 3.05) is 18.4 Å². The molecule has 7 rings (SSSR count). The minimum atomic E-state index is -0.324. The minimum absolute atomic E-state index is 0.191. The summed E-state index contributed by atoms with van der Waals surface area (Å²) in [6, 6.07) is 6.07. The monoisotopic (exact) mass is 449 g/mol. The van der Waals surface area contributed by atoms with Gasteiger partial charge in [-0.15, -0.1) is 0 Å². The molecule has 2 amide bonds. The van der Waals surface area contributed by atoms with Crippen LogP contribution in [0.5, 0.6) is 0 Å². The van der Waals surface area contributed by atoms with E-state index in [9.17, 15) is 9.59 Å². The van der Waals surface area contributed by atoms with Gasteiger partial charge in [-0.25, -0.2) is 0 Å². The molecule has 5 fully saturated rings. The number of rotatable bonds is 8. The van der Waals surface area contributed by atoms with Crippen molar-refractivity contribution < 1.29 is 14.0 Å². The number of imide groups is 1. The fraction of sp³-hybridized carbons (Fsp3) is 0.630. The Hall–Kier alpha value is -2.34. The van der Waals surface area contributed by atoms with Crippen LogP contribution < -0.4 is 16.0 Å². The summed E-state index contributed by atoms with van der Waals surface area (Å²) in [6.07, 6.45) is 13.6. The number of carbonyl (C=O) groups excluding carboxylic acids is 2. The summed E-state index contributed by atoms with van der Waals surface area (Å²) in [7, 11) is 0. The van der Waals surface area contributed by atoms with Crippen LogP contribution in [0.2, 0.25) is 0 Å². The Bertz CT molecular complexity index is 1020. The number of hydrogen-bond donors (Lipinski definition) is 3. The van der Waals surface area contributed by atoms with E-state index in [1.165, 1.54) is 44.9 Å². The molecule has 1 aliphatic heterocycles. The van der Waals surface area contributed by atoms with Gasteiger partial charge in [-0.05, 0) is 100 Å². The first-order chi connectivity index (χ1) is 16.1. The zero-order valence-corrected chi connectivity index (χ0v) is 19.3. The Labute approximate surface area is 195 Å². The third-order valence-corrected chi connectivity index (χ3v) is 8.69. The smallest absolute Gasteiger partial charge is 0.234 e. The van der Waals surface area contributed by atoms with E-state index in [-0.39, 0.29) is 17.7 Å². The lowest BCUT2D eigenvalue weighted by Crippen LogP contribution is -2.58. The lowest BCUT2D eigenvalue weighted by atomic mass is 9.53. The largest absolute Gasteiger partial charge is 0.464 e. The van der Waals surface area contributed by atoms with Gasteiger partial charge in [-0.3, -0.25) is 14.9 Å². The highest BCUT2D eigenvalue weighted by atomic mass is 16.3. The van der Waals surface area contributed by atoms with Gasteiger partial charge in [0.2, 0.25) is 11.8 Å². The van der Waals surface area contributed by atoms with Crippen LogP contribution in [-0.4, -0.2) is 30.4 Å². The summed E-state index contributed by atoms with van der Waals surface area (Å²) in [5, 5.41) is 10.9. The molecule has 2 heterocycles. The number of hydrogen-bond acceptors (Lipinski definition) is 5. The number of carbonyl (C=O) groups is 2. The lowest BCUT2D eigenvalue weighted by Gasteiger charge is -2.57. The van der Waals surface area contributed by atoms with Crippen LogP contribution in [-0.2, 0) is 9.59 Å². The van der Waals surface area contributed by atoms with Crippen LogP contribution in [0.1, 0.15) is 75.7 Å². The van der Waals surface area contributed by atoms with Crippen LogP contribution in [0.4, 0.5) is 5.69 Å². The molecule has 1 saturated heterocycles. The quantitative estimate of drug-likeness (QED) is 0.402. The summed E-state index contributed by atoms with van der Waals surface area (Å²) >= 11 is 0. The minimum Gasteiger partial charge on any atom is -0.464 e. The number of nitrogens with one attached hydrogen (secondary N) is 3. The van der Waals surface area contributed by atoms with Crippen LogP contribution in [0.25, 0.3) is 11.0 Å². The van der Waals surface area contributed by atoms with E-state index in [0.717, 1.165) is 59.5 Å². The molecule has 4 bridgehead atoms. The molecule has 1 unspecified atom stereocenters. The second-order valence-electron chi connectivity index (χ2n) is 11.2. The number of anilines is 1. The highest BCUT2D eigenvalue weighted by molar-refractivity contribution is 6.02. The van der Waals surface area contributed by atoms with E-state index >= 15 is 0 Å². The first-order valence-electron chi connectivity index (χ1n) is 12.9. The van der Waals surface area contributed by atoms with E-state index in [0.29, 0.717) is 18.4 Å². The van der Waals surface area contributed by atoms with Gasteiger partial charge in [-0.2, -0.15) is 0 Å². The highest BCUT2D eigenvalue weighted by Crippen LogP contribution is 2.55. The standard InChI is InChI=1S/C27H35N3O3/c31-25-6-4-21(26(32)30-25)23-16-33-24-5-3-20(12-22(23)24)28-7-1-2-8-29-27-13-17-9-18(14-27)11-19(10-17)15-27/h3,5,12,16-19,21,28-29H,1-2,4,6-11,13-15H2,(H,30,31,32). The molecule has 6 heteroatoms. The van der Waals surface area contributed by atoms with E-state index < -0.39 is 0 Å². The highest BCUT2D eigenvalue weighted by Gasteiger charge is 2.50. The topological polar surface area (TPSA) is 83.4 Å². The third kappa shape index (κ3) is 4.18. The summed E-state index contributed by atoms with van der Waals surface area (Å²) < 4.78 is 5.69. The van der Waals surface area contributed by atoms with Gasteiger partial charge in [0.15, 0.2) is 0 Å². The van der Waals surface area contributed by atoms with E-state index in [1.807, 2.05) is 12.1 Å². The van der Waals surface area contributed by atoms with Gasteiger partial charge in [-0.1, -0.05) is 0 Å². The molecular weight excluding hydrogens is 414 g/mol. The molecule has 0 radical (unpaired) electrons. The van der Waals surface area contributed by atoms with Gasteiger partial charge in [0.1, 0.15) is 5.58 Å². The first-order valence-corrected chi connectivity index (χ1v) is 12.9. The van der Waals surface area contributed by atoms with Crippen molar-refractivity contribution in [2.45, 2.75) is 75.7 Å². The molecule has 3 N–H and O–H groups in total. The summed E-state index contributed by atoms with van der Waals surface area (Å²) in [4.78, 5) is 23.8. The van der Waals surface area contributed by atoms with E-state index in [2.05, 4.69) is 22.0 Å². The summed E-state index contributed by atoms with van der Waals surface area (Å²) in [5.41, 5.74) is 3.16. The molecule has 33 heavy (non-hydrogen) atoms. The predicted molar refractivity (Wildman–Crippen MR) is 128 cm³/mol. The second kappa shape index (κ2) is 8.46. The normalized spacial score (nSPS) is 33.0. The zero-order valence-electron chi connectivity index (χ0n) is 19.3. The number of unbranched alkanes of at least 4 members (excludes halogenated alkanes) is 1. The van der Waals surface area contributed by atoms with Gasteiger partial charge in [0, 0.05) is 35.1 Å². The number of benzene rings is 1. The van der Waals surface area contributed by atoms with Crippen molar-refractivity contribution >= 4 is 28.5 Å². The molecule has 1 aromatic carbocycles. The third-order valence-electron chi connectivity index (χ3n) is 8.69. The number of fused-ring (bicyclic) bond motifs is 1. The number of furan rings is 1. The van der Waals surface area contributed by atoms with Gasteiger partial charge in [0.25, 0.3) is 0 Å². The second-order valence-corrected chi connectivity index (χ2v) is 11.2. The fourth-order valence-electron chi connectivity index (χ4n) is 7.58. The van der Waals surface area contributed by atoms with Gasteiger partial charge < -0.3 is 15.1 Å². The maximum atomic E-state index is 12.3. The van der Waals surface area contributed by atoms with Crippen LogP contribution in [0, 0.1) is 17.8 Å². The maximum absolute atomic E-state index is 12.3. The first kappa shape index (κ1) is 21.2. The molecule has 4 aliphatic carbocycles. The average Bonchev–Trinajstić information content (AvgIpc) is 3.18. The molecular formula is C27H35N3O3. The Morgan fingerprint density at radius 3 is 2.45 bits per heavy atom. The molecule has 1 atom stereocenters. The Morgan fingerprint density at radius 1 is 1.00 bits per heavy atom. The average molecular weight is 450 g/mol. The van der Waals surface area contributed by atoms with E-state index in [4.69, 9.17) is 4.42 Å². The van der Waals surface area contributed by atoms with Crippen LogP contribution in [0.3, 0.4) is 0 Å². The summed E-state index contributed by atoms with van der Waals surface area (Å²) in [5.74, 6) is 2.24. The van der Waals surface area contributed by atoms with Crippen LogP contribution in [0.15, 0.2) is 28.9 Å². The molecule has 2 aromatic rings. The Morgan fingerprint density at radius 2 is 1.73 bits per heavy atom. The Balaban J connectivity index is 1.00. The lowest BCUT2D eigenvalue weighted by molar-refractivity contribution is -0.134. The van der Waals surface area contributed by atoms with E-state index in [1.54, 1.807) is 6.26 Å². The molecule has 176 valence electrons. The number of piperidine rings is 1. The molecule has 6 nitrogen and oxygen atoms in total.